The molecule has 9 nitrogen and oxygen atoms in total. The number of hydrogen-bond donors (Lipinski definition) is 2. The largest absolute Gasteiger partial charge is 0.472 e. The monoisotopic (exact) mass is 828 g/mol. The van der Waals surface area contributed by atoms with Crippen LogP contribution < -0.4 is 5.73 Å². The van der Waals surface area contributed by atoms with Crippen LogP contribution in [0.25, 0.3) is 0 Å². The average Bonchev–Trinajstić information content (AvgIpc) is 3.20. The van der Waals surface area contributed by atoms with Crippen LogP contribution in [0, 0.1) is 0 Å². The second kappa shape index (κ2) is 44.1. The highest BCUT2D eigenvalue weighted by Crippen LogP contribution is 2.43. The minimum Gasteiger partial charge on any atom is -0.462 e. The fourth-order valence-electron chi connectivity index (χ4n) is 6.74. The summed E-state index contributed by atoms with van der Waals surface area (Å²) >= 11 is 0. The van der Waals surface area contributed by atoms with E-state index in [0.717, 1.165) is 57.8 Å². The zero-order chi connectivity index (χ0) is 41.8. The quantitative estimate of drug-likeness (QED) is 0.0266. The number of carbonyl (C=O) groups is 2. The molecule has 0 fully saturated rings. The first kappa shape index (κ1) is 55.5. The molecule has 0 aliphatic carbocycles. The van der Waals surface area contributed by atoms with Crippen LogP contribution in [-0.2, 0) is 32.7 Å². The van der Waals surface area contributed by atoms with Crippen LogP contribution in [-0.4, -0.2) is 49.3 Å². The topological polar surface area (TPSA) is 134 Å². The van der Waals surface area contributed by atoms with Crippen LogP contribution >= 0.6 is 7.82 Å². The molecule has 0 aliphatic heterocycles. The van der Waals surface area contributed by atoms with Gasteiger partial charge < -0.3 is 20.1 Å². The Morgan fingerprint density at radius 2 is 0.860 bits per heavy atom. The van der Waals surface area contributed by atoms with Crippen LogP contribution in [0.5, 0.6) is 0 Å². The number of phosphoric ester groups is 1. The van der Waals surface area contributed by atoms with Crippen molar-refractivity contribution in [3.8, 4) is 0 Å². The Hall–Kier alpha value is -1.51. The summed E-state index contributed by atoms with van der Waals surface area (Å²) in [7, 11) is -4.38. The number of ether oxygens (including phenoxy) is 2. The predicted molar refractivity (Wildman–Crippen MR) is 238 cm³/mol. The summed E-state index contributed by atoms with van der Waals surface area (Å²) in [5.74, 6) is -0.832. The predicted octanol–water partition coefficient (Wildman–Crippen LogP) is 13.9. The molecule has 0 saturated heterocycles. The number of phosphoric acid groups is 1. The molecule has 0 amide bonds. The molecule has 0 aromatic rings. The van der Waals surface area contributed by atoms with Gasteiger partial charge in [-0.05, 0) is 64.2 Å². The molecule has 0 saturated carbocycles. The van der Waals surface area contributed by atoms with E-state index in [1.165, 1.54) is 141 Å². The van der Waals surface area contributed by atoms with Crippen molar-refractivity contribution in [3.63, 3.8) is 0 Å². The molecule has 0 aliphatic rings. The zero-order valence-electron chi connectivity index (χ0n) is 37.1. The molecule has 0 bridgehead atoms. The van der Waals surface area contributed by atoms with E-state index in [2.05, 4.69) is 38.2 Å². The summed E-state index contributed by atoms with van der Waals surface area (Å²) in [4.78, 5) is 34.9. The van der Waals surface area contributed by atoms with Gasteiger partial charge in [-0.15, -0.1) is 0 Å². The molecule has 0 rings (SSSR count). The first-order valence-electron chi connectivity index (χ1n) is 23.8. The average molecular weight is 828 g/mol. The third-order valence-corrected chi connectivity index (χ3v) is 11.3. The van der Waals surface area contributed by atoms with Crippen LogP contribution in [0.4, 0.5) is 0 Å². The Morgan fingerprint density at radius 3 is 1.26 bits per heavy atom. The van der Waals surface area contributed by atoms with Crippen LogP contribution in [0.1, 0.15) is 232 Å². The summed E-state index contributed by atoms with van der Waals surface area (Å²) in [6.45, 7) is 3.73. The maximum atomic E-state index is 12.6. The van der Waals surface area contributed by atoms with Crippen LogP contribution in [0.3, 0.4) is 0 Å². The van der Waals surface area contributed by atoms with Gasteiger partial charge in [0.05, 0.1) is 13.2 Å². The third kappa shape index (κ3) is 43.9. The van der Waals surface area contributed by atoms with Crippen molar-refractivity contribution in [3.05, 3.63) is 24.3 Å². The lowest BCUT2D eigenvalue weighted by atomic mass is 10.0. The summed E-state index contributed by atoms with van der Waals surface area (Å²) in [5, 5.41) is 0. The molecule has 0 spiro atoms. The SMILES string of the molecule is CCCCCC/C=C\CCCCCCCC(=O)OCC(COP(=O)(O)OCCN)OC(=O)CCCCCCCCCCCCC/C=C\CCCCCCCCCC. The fraction of sp³-hybridized carbons (Fsp3) is 0.872. The molecule has 0 aromatic heterocycles. The van der Waals surface area contributed by atoms with Crippen molar-refractivity contribution in [2.75, 3.05) is 26.4 Å². The highest BCUT2D eigenvalue weighted by Gasteiger charge is 2.26. The summed E-state index contributed by atoms with van der Waals surface area (Å²) in [6.07, 6.45) is 47.9. The minimum atomic E-state index is -4.38. The molecule has 3 N–H and O–H groups in total. The van der Waals surface area contributed by atoms with Crippen LogP contribution in [0.15, 0.2) is 24.3 Å². The number of esters is 2. The maximum absolute atomic E-state index is 12.6. The van der Waals surface area contributed by atoms with Gasteiger partial charge in [0, 0.05) is 19.4 Å². The molecule has 10 heteroatoms. The molecule has 0 heterocycles. The number of carbonyl (C=O) groups excluding carboxylic acids is 2. The molecule has 2 atom stereocenters. The van der Waals surface area contributed by atoms with Crippen molar-refractivity contribution in [1.29, 1.82) is 0 Å². The van der Waals surface area contributed by atoms with Gasteiger partial charge in [0.2, 0.25) is 0 Å². The van der Waals surface area contributed by atoms with E-state index >= 15 is 0 Å². The number of nitrogens with two attached hydrogens (primary N) is 1. The summed E-state index contributed by atoms with van der Waals surface area (Å²) < 4.78 is 32.8. The lowest BCUT2D eigenvalue weighted by molar-refractivity contribution is -0.161. The van der Waals surface area contributed by atoms with E-state index in [9.17, 15) is 19.0 Å². The van der Waals surface area contributed by atoms with E-state index in [4.69, 9.17) is 24.3 Å². The highest BCUT2D eigenvalue weighted by molar-refractivity contribution is 7.47. The standard InChI is InChI=1S/C47H90NO8P/c1-3-5-7-9-11-13-15-17-18-19-20-21-22-23-24-25-26-28-30-32-34-36-38-40-47(50)56-45(44-55-57(51,52)54-42-41-48)43-53-46(49)39-37-35-33-31-29-27-16-14-12-10-8-6-4-2/h14,16,19-20,45H,3-13,15,17-18,21-44,48H2,1-2H3,(H,51,52)/b16-14-,20-19-. The smallest absolute Gasteiger partial charge is 0.462 e. The molecule has 2 unspecified atom stereocenters. The molecular formula is C47H90NO8P. The van der Waals surface area contributed by atoms with E-state index in [1.54, 1.807) is 0 Å². The van der Waals surface area contributed by atoms with Gasteiger partial charge in [-0.3, -0.25) is 18.6 Å². The van der Waals surface area contributed by atoms with Crippen LogP contribution in [0.2, 0.25) is 0 Å². The molecule has 0 aromatic carbocycles. The molecule has 0 radical (unpaired) electrons. The van der Waals surface area contributed by atoms with E-state index in [-0.39, 0.29) is 38.6 Å². The van der Waals surface area contributed by atoms with Gasteiger partial charge in [0.1, 0.15) is 6.61 Å². The Labute approximate surface area is 351 Å². The highest BCUT2D eigenvalue weighted by atomic mass is 31.2. The van der Waals surface area contributed by atoms with Gasteiger partial charge in [-0.25, -0.2) is 4.57 Å². The number of hydrogen-bond acceptors (Lipinski definition) is 8. The Balaban J connectivity index is 4.03. The first-order chi connectivity index (χ1) is 27.8. The second-order valence-electron chi connectivity index (χ2n) is 16.0. The maximum Gasteiger partial charge on any atom is 0.472 e. The molecular weight excluding hydrogens is 737 g/mol. The molecule has 336 valence electrons. The number of rotatable bonds is 45. The van der Waals surface area contributed by atoms with Crippen molar-refractivity contribution < 1.29 is 37.6 Å². The minimum absolute atomic E-state index is 0.0535. The normalized spacial score (nSPS) is 13.4. The van der Waals surface area contributed by atoms with E-state index in [1.807, 2.05) is 0 Å². The Kier molecular flexibility index (Phi) is 42.9. The van der Waals surface area contributed by atoms with Gasteiger partial charge in [-0.1, -0.05) is 179 Å². The van der Waals surface area contributed by atoms with Crippen molar-refractivity contribution in [2.24, 2.45) is 5.73 Å². The van der Waals surface area contributed by atoms with Crippen molar-refractivity contribution >= 4 is 19.8 Å². The van der Waals surface area contributed by atoms with E-state index < -0.39 is 26.5 Å². The first-order valence-corrected chi connectivity index (χ1v) is 25.3. The van der Waals surface area contributed by atoms with Gasteiger partial charge in [0.15, 0.2) is 6.10 Å². The van der Waals surface area contributed by atoms with Gasteiger partial charge >= 0.3 is 19.8 Å². The number of unbranched alkanes of at least 4 members (excludes halogenated alkanes) is 28. The zero-order valence-corrected chi connectivity index (χ0v) is 38.0. The number of allylic oxidation sites excluding steroid dienone is 4. The third-order valence-electron chi connectivity index (χ3n) is 10.3. The Morgan fingerprint density at radius 1 is 0.509 bits per heavy atom. The second-order valence-corrected chi connectivity index (χ2v) is 17.4. The summed E-state index contributed by atoms with van der Waals surface area (Å²) in [6, 6.07) is 0. The Bertz CT molecular complexity index is 990. The molecule has 57 heavy (non-hydrogen) atoms. The van der Waals surface area contributed by atoms with E-state index in [0.29, 0.717) is 6.42 Å². The van der Waals surface area contributed by atoms with Crippen molar-refractivity contribution in [2.45, 2.75) is 238 Å². The lowest BCUT2D eigenvalue weighted by Gasteiger charge is -2.19. The summed E-state index contributed by atoms with van der Waals surface area (Å²) in [5.41, 5.74) is 5.35. The van der Waals surface area contributed by atoms with Gasteiger partial charge in [0.25, 0.3) is 0 Å². The van der Waals surface area contributed by atoms with Gasteiger partial charge in [-0.2, -0.15) is 0 Å². The van der Waals surface area contributed by atoms with Crippen molar-refractivity contribution in [1.82, 2.24) is 0 Å². The fourth-order valence-corrected chi connectivity index (χ4v) is 7.51. The lowest BCUT2D eigenvalue weighted by Crippen LogP contribution is -2.29.